The van der Waals surface area contributed by atoms with Crippen LogP contribution < -0.4 is 0 Å². The van der Waals surface area contributed by atoms with Crippen LogP contribution in [0.2, 0.25) is 5.02 Å². The summed E-state index contributed by atoms with van der Waals surface area (Å²) >= 11 is 6.07. The van der Waals surface area contributed by atoms with Crippen LogP contribution in [0.25, 0.3) is 0 Å². The molecule has 0 N–H and O–H groups in total. The average molecular weight is 427 g/mol. The van der Waals surface area contributed by atoms with E-state index >= 15 is 0 Å². The molecule has 3 aromatic carbocycles. The quantitative estimate of drug-likeness (QED) is 0.575. The molecule has 1 saturated heterocycles. The van der Waals surface area contributed by atoms with Crippen molar-refractivity contribution in [1.82, 2.24) is 9.80 Å². The molecule has 1 amide bonds. The number of halogens is 3. The molecular weight excluding hydrogens is 406 g/mol. The highest BCUT2D eigenvalue weighted by atomic mass is 35.5. The third kappa shape index (κ3) is 4.23. The summed E-state index contributed by atoms with van der Waals surface area (Å²) in [6, 6.07) is 21.4. The molecule has 1 heterocycles. The number of amides is 1. The van der Waals surface area contributed by atoms with Crippen molar-refractivity contribution in [2.45, 2.75) is 6.04 Å². The number of hydrogen-bond acceptors (Lipinski definition) is 2. The molecule has 0 saturated carbocycles. The zero-order valence-corrected chi connectivity index (χ0v) is 17.0. The molecule has 4 rings (SSSR count). The molecule has 154 valence electrons. The van der Waals surface area contributed by atoms with Crippen LogP contribution in [0.3, 0.4) is 0 Å². The van der Waals surface area contributed by atoms with Gasteiger partial charge in [0.15, 0.2) is 0 Å². The molecule has 0 spiro atoms. The smallest absolute Gasteiger partial charge is 0.259 e. The summed E-state index contributed by atoms with van der Waals surface area (Å²) in [6.45, 7) is 1.96. The van der Waals surface area contributed by atoms with Gasteiger partial charge in [0.1, 0.15) is 17.2 Å². The first-order valence-corrected chi connectivity index (χ1v) is 10.2. The summed E-state index contributed by atoms with van der Waals surface area (Å²) in [5.41, 5.74) is 1.76. The molecule has 0 aliphatic carbocycles. The normalized spacial score (nSPS) is 15.8. The van der Waals surface area contributed by atoms with E-state index in [0.29, 0.717) is 31.2 Å². The SMILES string of the molecule is O=C(c1c(F)cccc1F)N1CCN([C@@H](c2ccccc2)c2ccc(Cl)cc2)CC1. The number of nitrogens with zero attached hydrogens (tertiary/aromatic N) is 2. The minimum absolute atomic E-state index is 0.00548. The Bertz CT molecular complexity index is 999. The lowest BCUT2D eigenvalue weighted by molar-refractivity contribution is 0.0588. The van der Waals surface area contributed by atoms with Gasteiger partial charge in [-0.3, -0.25) is 9.69 Å². The van der Waals surface area contributed by atoms with Gasteiger partial charge in [-0.25, -0.2) is 8.78 Å². The topological polar surface area (TPSA) is 23.6 Å². The van der Waals surface area contributed by atoms with E-state index < -0.39 is 23.1 Å². The lowest BCUT2D eigenvalue weighted by Crippen LogP contribution is -2.50. The number of carbonyl (C=O) groups is 1. The van der Waals surface area contributed by atoms with Crippen molar-refractivity contribution in [2.75, 3.05) is 26.2 Å². The Hall–Kier alpha value is -2.76. The molecule has 0 radical (unpaired) electrons. The number of benzene rings is 3. The van der Waals surface area contributed by atoms with Crippen molar-refractivity contribution in [2.24, 2.45) is 0 Å². The summed E-state index contributed by atoms with van der Waals surface area (Å²) in [5.74, 6) is -2.26. The van der Waals surface area contributed by atoms with Gasteiger partial charge >= 0.3 is 0 Å². The molecule has 0 bridgehead atoms. The second-order valence-corrected chi connectivity index (χ2v) is 7.73. The van der Waals surface area contributed by atoms with Crippen molar-refractivity contribution in [3.8, 4) is 0 Å². The Morgan fingerprint density at radius 1 is 0.767 bits per heavy atom. The van der Waals surface area contributed by atoms with Crippen LogP contribution >= 0.6 is 11.6 Å². The summed E-state index contributed by atoms with van der Waals surface area (Å²) in [6.07, 6.45) is 0. The van der Waals surface area contributed by atoms with Gasteiger partial charge in [-0.1, -0.05) is 60.1 Å². The fraction of sp³-hybridized carbons (Fsp3) is 0.208. The Morgan fingerprint density at radius 2 is 1.33 bits per heavy atom. The van der Waals surface area contributed by atoms with Crippen LogP contribution in [0.15, 0.2) is 72.8 Å². The lowest BCUT2D eigenvalue weighted by atomic mass is 9.96. The molecule has 1 fully saturated rings. The highest BCUT2D eigenvalue weighted by Crippen LogP contribution is 2.30. The fourth-order valence-electron chi connectivity index (χ4n) is 3.94. The van der Waals surface area contributed by atoms with E-state index in [1.54, 1.807) is 0 Å². The number of hydrogen-bond donors (Lipinski definition) is 0. The summed E-state index contributed by atoms with van der Waals surface area (Å²) < 4.78 is 28.1. The first-order chi connectivity index (χ1) is 14.5. The molecule has 30 heavy (non-hydrogen) atoms. The second kappa shape index (κ2) is 8.94. The van der Waals surface area contributed by atoms with Crippen molar-refractivity contribution in [3.05, 3.63) is 106 Å². The number of piperazine rings is 1. The van der Waals surface area contributed by atoms with E-state index in [1.807, 2.05) is 42.5 Å². The maximum absolute atomic E-state index is 14.0. The molecule has 1 aliphatic rings. The van der Waals surface area contributed by atoms with Crippen LogP contribution in [0.4, 0.5) is 8.78 Å². The van der Waals surface area contributed by atoms with E-state index in [2.05, 4.69) is 17.0 Å². The first kappa shape index (κ1) is 20.5. The van der Waals surface area contributed by atoms with Gasteiger partial charge in [0.05, 0.1) is 6.04 Å². The molecule has 3 nitrogen and oxygen atoms in total. The summed E-state index contributed by atoms with van der Waals surface area (Å²) in [5, 5.41) is 0.674. The Labute approximate surface area is 179 Å². The van der Waals surface area contributed by atoms with Crippen molar-refractivity contribution < 1.29 is 13.6 Å². The van der Waals surface area contributed by atoms with E-state index in [1.165, 1.54) is 11.0 Å². The lowest BCUT2D eigenvalue weighted by Gasteiger charge is -2.39. The van der Waals surface area contributed by atoms with Gasteiger partial charge in [0.2, 0.25) is 0 Å². The van der Waals surface area contributed by atoms with Crippen LogP contribution in [-0.4, -0.2) is 41.9 Å². The zero-order valence-electron chi connectivity index (χ0n) is 16.3. The van der Waals surface area contributed by atoms with Crippen molar-refractivity contribution >= 4 is 17.5 Å². The first-order valence-electron chi connectivity index (χ1n) is 9.82. The standard InChI is InChI=1S/C24H21ClF2N2O/c25-19-11-9-18(10-12-19)23(17-5-2-1-3-6-17)28-13-15-29(16-14-28)24(30)22-20(26)7-4-8-21(22)27/h1-12,23H,13-16H2/t23-/m0/s1. The van der Waals surface area contributed by atoms with Crippen LogP contribution in [0.5, 0.6) is 0 Å². The van der Waals surface area contributed by atoms with Gasteiger partial charge in [-0.15, -0.1) is 0 Å². The van der Waals surface area contributed by atoms with Crippen molar-refractivity contribution in [3.63, 3.8) is 0 Å². The molecule has 1 aliphatic heterocycles. The minimum atomic E-state index is -0.828. The molecule has 1 atom stereocenters. The highest BCUT2D eigenvalue weighted by molar-refractivity contribution is 6.30. The van der Waals surface area contributed by atoms with Gasteiger partial charge < -0.3 is 4.90 Å². The van der Waals surface area contributed by atoms with Crippen molar-refractivity contribution in [1.29, 1.82) is 0 Å². The van der Waals surface area contributed by atoms with Crippen LogP contribution in [0, 0.1) is 11.6 Å². The average Bonchev–Trinajstić information content (AvgIpc) is 2.76. The highest BCUT2D eigenvalue weighted by Gasteiger charge is 2.30. The summed E-state index contributed by atoms with van der Waals surface area (Å²) in [7, 11) is 0. The van der Waals surface area contributed by atoms with Gasteiger partial charge in [0, 0.05) is 31.2 Å². The third-order valence-corrected chi connectivity index (χ3v) is 5.70. The van der Waals surface area contributed by atoms with Gasteiger partial charge in [0.25, 0.3) is 5.91 Å². The second-order valence-electron chi connectivity index (χ2n) is 7.29. The van der Waals surface area contributed by atoms with Crippen LogP contribution in [-0.2, 0) is 0 Å². The van der Waals surface area contributed by atoms with Crippen LogP contribution in [0.1, 0.15) is 27.5 Å². The Morgan fingerprint density at radius 3 is 1.93 bits per heavy atom. The predicted octanol–water partition coefficient (Wildman–Crippen LogP) is 5.17. The fourth-order valence-corrected chi connectivity index (χ4v) is 4.06. The molecular formula is C24H21ClF2N2O. The van der Waals surface area contributed by atoms with E-state index in [-0.39, 0.29) is 6.04 Å². The van der Waals surface area contributed by atoms with E-state index in [4.69, 9.17) is 11.6 Å². The molecule has 3 aromatic rings. The van der Waals surface area contributed by atoms with E-state index in [0.717, 1.165) is 23.3 Å². The minimum Gasteiger partial charge on any atom is -0.336 e. The molecule has 6 heteroatoms. The Balaban J connectivity index is 1.54. The maximum Gasteiger partial charge on any atom is 0.259 e. The number of carbonyl (C=O) groups excluding carboxylic acids is 1. The number of rotatable bonds is 4. The maximum atomic E-state index is 14.0. The van der Waals surface area contributed by atoms with Gasteiger partial charge in [-0.2, -0.15) is 0 Å². The molecule has 0 unspecified atom stereocenters. The zero-order chi connectivity index (χ0) is 21.1. The van der Waals surface area contributed by atoms with E-state index in [9.17, 15) is 13.6 Å². The third-order valence-electron chi connectivity index (χ3n) is 5.44. The Kier molecular flexibility index (Phi) is 6.11. The summed E-state index contributed by atoms with van der Waals surface area (Å²) in [4.78, 5) is 16.5. The van der Waals surface area contributed by atoms with Gasteiger partial charge in [-0.05, 0) is 35.4 Å². The largest absolute Gasteiger partial charge is 0.336 e. The molecule has 0 aromatic heterocycles. The monoisotopic (exact) mass is 426 g/mol. The predicted molar refractivity (Wildman–Crippen MR) is 114 cm³/mol.